The van der Waals surface area contributed by atoms with Gasteiger partial charge < -0.3 is 5.32 Å². The molecule has 2 aromatic rings. The summed E-state index contributed by atoms with van der Waals surface area (Å²) in [5.41, 5.74) is 1.16. The first-order valence-corrected chi connectivity index (χ1v) is 7.96. The van der Waals surface area contributed by atoms with Crippen molar-refractivity contribution < 1.29 is 0 Å². The summed E-state index contributed by atoms with van der Waals surface area (Å²) in [4.78, 5) is 10.3. The van der Waals surface area contributed by atoms with Gasteiger partial charge in [0.25, 0.3) is 0 Å². The lowest BCUT2D eigenvalue weighted by Gasteiger charge is -2.16. The van der Waals surface area contributed by atoms with Gasteiger partial charge in [0.2, 0.25) is 0 Å². The van der Waals surface area contributed by atoms with E-state index in [1.54, 1.807) is 22.7 Å². The van der Waals surface area contributed by atoms with Crippen molar-refractivity contribution in [3.63, 3.8) is 0 Å². The normalized spacial score (nSPS) is 12.8. The van der Waals surface area contributed by atoms with Crippen molar-refractivity contribution in [3.8, 4) is 0 Å². The molecule has 0 saturated carbocycles. The number of hydrogen-bond acceptors (Lipinski definition) is 5. The molecule has 98 valence electrons. The van der Waals surface area contributed by atoms with Crippen LogP contribution in [0.3, 0.4) is 0 Å². The molecule has 3 nitrogen and oxygen atoms in total. The molecule has 2 rings (SSSR count). The average Bonchev–Trinajstić information content (AvgIpc) is 2.94. The summed E-state index contributed by atoms with van der Waals surface area (Å²) in [7, 11) is 0. The molecular formula is C13H19N3S2. The van der Waals surface area contributed by atoms with E-state index < -0.39 is 0 Å². The molecule has 0 aliphatic rings. The SMILES string of the molecule is CCCNC(Cc1nccs1)c1sc(C)nc1C. The van der Waals surface area contributed by atoms with Gasteiger partial charge in [-0.25, -0.2) is 9.97 Å². The average molecular weight is 281 g/mol. The summed E-state index contributed by atoms with van der Waals surface area (Å²) < 4.78 is 0. The lowest BCUT2D eigenvalue weighted by atomic mass is 10.1. The molecule has 0 bridgehead atoms. The lowest BCUT2D eigenvalue weighted by Crippen LogP contribution is -2.23. The van der Waals surface area contributed by atoms with Gasteiger partial charge in [0, 0.05) is 28.9 Å². The molecule has 2 heterocycles. The molecule has 0 amide bonds. The fourth-order valence-corrected chi connectivity index (χ4v) is 3.64. The zero-order valence-electron chi connectivity index (χ0n) is 11.1. The molecule has 2 aromatic heterocycles. The van der Waals surface area contributed by atoms with Crippen LogP contribution in [0, 0.1) is 13.8 Å². The van der Waals surface area contributed by atoms with Crippen molar-refractivity contribution in [1.29, 1.82) is 0 Å². The van der Waals surface area contributed by atoms with Crippen molar-refractivity contribution in [2.24, 2.45) is 0 Å². The first kappa shape index (κ1) is 13.6. The maximum atomic E-state index is 4.53. The summed E-state index contributed by atoms with van der Waals surface area (Å²) in [5, 5.41) is 7.99. The third-order valence-corrected chi connectivity index (χ3v) is 4.75. The second-order valence-corrected chi connectivity index (χ2v) is 6.53. The molecule has 0 fully saturated rings. The van der Waals surface area contributed by atoms with Crippen molar-refractivity contribution in [2.45, 2.75) is 39.7 Å². The van der Waals surface area contributed by atoms with E-state index in [0.717, 1.165) is 30.1 Å². The topological polar surface area (TPSA) is 37.8 Å². The smallest absolute Gasteiger partial charge is 0.0944 e. The van der Waals surface area contributed by atoms with Gasteiger partial charge in [-0.15, -0.1) is 22.7 Å². The molecule has 0 spiro atoms. The summed E-state index contributed by atoms with van der Waals surface area (Å²) in [6.07, 6.45) is 3.98. The van der Waals surface area contributed by atoms with Crippen LogP contribution in [0.15, 0.2) is 11.6 Å². The van der Waals surface area contributed by atoms with Crippen LogP contribution in [0.1, 0.15) is 40.0 Å². The third-order valence-electron chi connectivity index (χ3n) is 2.76. The Morgan fingerprint density at radius 2 is 2.22 bits per heavy atom. The highest BCUT2D eigenvalue weighted by Crippen LogP contribution is 2.28. The predicted molar refractivity (Wildman–Crippen MR) is 78.4 cm³/mol. The van der Waals surface area contributed by atoms with Crippen LogP contribution >= 0.6 is 22.7 Å². The van der Waals surface area contributed by atoms with E-state index in [1.165, 1.54) is 9.88 Å². The van der Waals surface area contributed by atoms with E-state index in [9.17, 15) is 0 Å². The molecule has 0 aromatic carbocycles. The zero-order chi connectivity index (χ0) is 13.0. The minimum atomic E-state index is 0.349. The van der Waals surface area contributed by atoms with Gasteiger partial charge in [-0.2, -0.15) is 0 Å². The summed E-state index contributed by atoms with van der Waals surface area (Å²) in [6.45, 7) is 7.40. The standard InChI is InChI=1S/C13H19N3S2/c1-4-5-14-11(8-12-15-6-7-17-12)13-9(2)16-10(3)18-13/h6-7,11,14H,4-5,8H2,1-3H3. The fourth-order valence-electron chi connectivity index (χ4n) is 1.97. The molecule has 1 atom stereocenters. The quantitative estimate of drug-likeness (QED) is 0.880. The first-order chi connectivity index (χ1) is 8.70. The highest BCUT2D eigenvalue weighted by Gasteiger charge is 2.18. The Labute approximate surface area is 116 Å². The zero-order valence-corrected chi connectivity index (χ0v) is 12.7. The molecule has 1 N–H and O–H groups in total. The minimum absolute atomic E-state index is 0.349. The van der Waals surface area contributed by atoms with Gasteiger partial charge in [0.1, 0.15) is 0 Å². The number of aromatic nitrogens is 2. The Balaban J connectivity index is 2.16. The number of nitrogens with one attached hydrogen (secondary N) is 1. The van der Waals surface area contributed by atoms with Crippen LogP contribution in [0.25, 0.3) is 0 Å². The van der Waals surface area contributed by atoms with Crippen molar-refractivity contribution >= 4 is 22.7 Å². The maximum Gasteiger partial charge on any atom is 0.0944 e. The molecule has 0 aliphatic heterocycles. The monoisotopic (exact) mass is 281 g/mol. The van der Waals surface area contributed by atoms with Gasteiger partial charge in [-0.1, -0.05) is 6.92 Å². The Bertz CT molecular complexity index is 476. The van der Waals surface area contributed by atoms with Crippen LogP contribution < -0.4 is 5.32 Å². The fraction of sp³-hybridized carbons (Fsp3) is 0.538. The van der Waals surface area contributed by atoms with Crippen LogP contribution in [0.5, 0.6) is 0 Å². The van der Waals surface area contributed by atoms with Crippen LogP contribution in [0.2, 0.25) is 0 Å². The van der Waals surface area contributed by atoms with Crippen molar-refractivity contribution in [2.75, 3.05) is 6.54 Å². The summed E-state index contributed by atoms with van der Waals surface area (Å²) in [5.74, 6) is 0. The number of aryl methyl sites for hydroxylation is 2. The Hall–Kier alpha value is -0.780. The van der Waals surface area contributed by atoms with Crippen molar-refractivity contribution in [1.82, 2.24) is 15.3 Å². The van der Waals surface area contributed by atoms with E-state index in [4.69, 9.17) is 0 Å². The van der Waals surface area contributed by atoms with Gasteiger partial charge in [0.05, 0.1) is 15.7 Å². The molecule has 18 heavy (non-hydrogen) atoms. The molecular weight excluding hydrogens is 262 g/mol. The van der Waals surface area contributed by atoms with Gasteiger partial charge in [-0.3, -0.25) is 0 Å². The van der Waals surface area contributed by atoms with E-state index in [1.807, 2.05) is 11.6 Å². The Morgan fingerprint density at radius 1 is 1.39 bits per heavy atom. The first-order valence-electron chi connectivity index (χ1n) is 6.26. The van der Waals surface area contributed by atoms with Gasteiger partial charge in [0.15, 0.2) is 0 Å². The lowest BCUT2D eigenvalue weighted by molar-refractivity contribution is 0.533. The molecule has 5 heteroatoms. The highest BCUT2D eigenvalue weighted by atomic mass is 32.1. The van der Waals surface area contributed by atoms with Crippen LogP contribution in [0.4, 0.5) is 0 Å². The molecule has 0 saturated heterocycles. The van der Waals surface area contributed by atoms with E-state index in [0.29, 0.717) is 6.04 Å². The largest absolute Gasteiger partial charge is 0.309 e. The molecule has 0 aliphatic carbocycles. The van der Waals surface area contributed by atoms with Crippen LogP contribution in [-0.4, -0.2) is 16.5 Å². The number of hydrogen-bond donors (Lipinski definition) is 1. The minimum Gasteiger partial charge on any atom is -0.309 e. The van der Waals surface area contributed by atoms with E-state index in [-0.39, 0.29) is 0 Å². The Kier molecular flexibility index (Phi) is 4.86. The van der Waals surface area contributed by atoms with E-state index >= 15 is 0 Å². The van der Waals surface area contributed by atoms with Gasteiger partial charge in [-0.05, 0) is 26.8 Å². The number of rotatable bonds is 6. The second-order valence-electron chi connectivity index (χ2n) is 4.32. The third kappa shape index (κ3) is 3.37. The predicted octanol–water partition coefficient (Wildman–Crippen LogP) is 3.50. The highest BCUT2D eigenvalue weighted by molar-refractivity contribution is 7.11. The summed E-state index contributed by atoms with van der Waals surface area (Å²) >= 11 is 3.52. The van der Waals surface area contributed by atoms with E-state index in [2.05, 4.69) is 36.1 Å². The maximum absolute atomic E-state index is 4.53. The molecule has 0 radical (unpaired) electrons. The Morgan fingerprint density at radius 3 is 2.78 bits per heavy atom. The summed E-state index contributed by atoms with van der Waals surface area (Å²) in [6, 6.07) is 0.349. The van der Waals surface area contributed by atoms with Gasteiger partial charge >= 0.3 is 0 Å². The van der Waals surface area contributed by atoms with Crippen molar-refractivity contribution in [3.05, 3.63) is 32.2 Å². The number of thiazole rings is 2. The molecule has 1 unspecified atom stereocenters. The number of nitrogens with zero attached hydrogens (tertiary/aromatic N) is 2. The van der Waals surface area contributed by atoms with Crippen LogP contribution in [-0.2, 0) is 6.42 Å². The second kappa shape index (κ2) is 6.41.